The Morgan fingerprint density at radius 3 is 2.21 bits per heavy atom. The van der Waals surface area contributed by atoms with Gasteiger partial charge in [0.2, 0.25) is 5.75 Å². The summed E-state index contributed by atoms with van der Waals surface area (Å²) >= 11 is 0. The quantitative estimate of drug-likeness (QED) is 0.478. The van der Waals surface area contributed by atoms with E-state index < -0.39 is 17.2 Å². The Morgan fingerprint density at radius 2 is 1.50 bits per heavy atom. The number of rotatable bonds is 0. The summed E-state index contributed by atoms with van der Waals surface area (Å²) in [7, 11) is 0. The highest BCUT2D eigenvalue weighted by Gasteiger charge is 2.13. The largest absolute Gasteiger partial charge is 0.507 e. The zero-order valence-electron chi connectivity index (χ0n) is 7.10. The van der Waals surface area contributed by atoms with Gasteiger partial charge in [0.05, 0.1) is 5.39 Å². The van der Waals surface area contributed by atoms with E-state index in [4.69, 9.17) is 0 Å². The molecule has 0 saturated heterocycles. The molecule has 2 rings (SSSR count). The van der Waals surface area contributed by atoms with Crippen LogP contribution < -0.4 is 0 Å². The number of hydrogen-bond donors (Lipinski definition) is 4. The van der Waals surface area contributed by atoms with Gasteiger partial charge in [-0.2, -0.15) is 0 Å². The highest BCUT2D eigenvalue weighted by Crippen LogP contribution is 2.44. The van der Waals surface area contributed by atoms with Gasteiger partial charge in [-0.1, -0.05) is 12.1 Å². The Labute approximate surface area is 79.3 Å². The van der Waals surface area contributed by atoms with E-state index in [0.29, 0.717) is 5.39 Å². The molecule has 0 heterocycles. The molecule has 72 valence electrons. The van der Waals surface area contributed by atoms with E-state index in [9.17, 15) is 20.4 Å². The van der Waals surface area contributed by atoms with Crippen molar-refractivity contribution in [3.63, 3.8) is 0 Å². The number of fused-ring (bicyclic) bond motifs is 1. The first-order chi connectivity index (χ1) is 6.61. The summed E-state index contributed by atoms with van der Waals surface area (Å²) in [5.74, 6) is -1.70. The van der Waals surface area contributed by atoms with Gasteiger partial charge in [0, 0.05) is 0 Å². The average Bonchev–Trinajstić information content (AvgIpc) is 2.14. The summed E-state index contributed by atoms with van der Waals surface area (Å²) in [5, 5.41) is 37.9. The van der Waals surface area contributed by atoms with Gasteiger partial charge in [-0.25, -0.2) is 0 Å². The van der Waals surface area contributed by atoms with Crippen LogP contribution in [0.5, 0.6) is 23.0 Å². The lowest BCUT2D eigenvalue weighted by Gasteiger charge is -2.06. The highest BCUT2D eigenvalue weighted by molar-refractivity contribution is 5.96. The lowest BCUT2D eigenvalue weighted by atomic mass is 10.1. The maximum Gasteiger partial charge on any atom is 0.201 e. The summed E-state index contributed by atoms with van der Waals surface area (Å²) < 4.78 is 0. The Morgan fingerprint density at radius 1 is 0.786 bits per heavy atom. The van der Waals surface area contributed by atoms with Gasteiger partial charge >= 0.3 is 0 Å². The summed E-state index contributed by atoms with van der Waals surface area (Å²) in [6.45, 7) is 0. The lowest BCUT2D eigenvalue weighted by molar-refractivity contribution is 0.370. The van der Waals surface area contributed by atoms with Crippen LogP contribution in [0.3, 0.4) is 0 Å². The van der Waals surface area contributed by atoms with Crippen molar-refractivity contribution >= 4 is 10.8 Å². The Hall–Kier alpha value is -2.10. The van der Waals surface area contributed by atoms with Gasteiger partial charge in [0.15, 0.2) is 11.5 Å². The first-order valence-corrected chi connectivity index (χ1v) is 3.97. The molecule has 0 aliphatic heterocycles. The van der Waals surface area contributed by atoms with E-state index in [1.54, 1.807) is 12.1 Å². The van der Waals surface area contributed by atoms with Crippen molar-refractivity contribution in [2.24, 2.45) is 0 Å². The van der Waals surface area contributed by atoms with Crippen molar-refractivity contribution in [3.8, 4) is 23.0 Å². The summed E-state index contributed by atoms with van der Waals surface area (Å²) in [4.78, 5) is 0. The molecule has 0 saturated carbocycles. The van der Waals surface area contributed by atoms with Gasteiger partial charge in [-0.05, 0) is 17.5 Å². The number of phenolic OH excluding ortho intramolecular Hbond substituents is 4. The van der Waals surface area contributed by atoms with Gasteiger partial charge < -0.3 is 20.4 Å². The molecule has 0 aliphatic rings. The molecule has 4 N–H and O–H groups in total. The molecule has 0 amide bonds. The maximum atomic E-state index is 9.45. The summed E-state index contributed by atoms with van der Waals surface area (Å²) in [6, 6.07) is 5.84. The number of hydrogen-bond acceptors (Lipinski definition) is 4. The van der Waals surface area contributed by atoms with Crippen molar-refractivity contribution in [3.05, 3.63) is 24.3 Å². The molecule has 0 atom stereocenters. The molecule has 2 aromatic carbocycles. The predicted octanol–water partition coefficient (Wildman–Crippen LogP) is 1.66. The molecular weight excluding hydrogens is 184 g/mol. The molecule has 0 fully saturated rings. The van der Waals surface area contributed by atoms with Gasteiger partial charge in [-0.15, -0.1) is 0 Å². The molecule has 0 bridgehead atoms. The smallest absolute Gasteiger partial charge is 0.201 e. The minimum Gasteiger partial charge on any atom is -0.507 e. The van der Waals surface area contributed by atoms with E-state index in [2.05, 4.69) is 0 Å². The van der Waals surface area contributed by atoms with E-state index in [1.165, 1.54) is 12.1 Å². The zero-order chi connectivity index (χ0) is 10.3. The number of phenols is 4. The van der Waals surface area contributed by atoms with Crippen LogP contribution in [0.4, 0.5) is 0 Å². The van der Waals surface area contributed by atoms with Crippen LogP contribution in [0.1, 0.15) is 0 Å². The van der Waals surface area contributed by atoms with Crippen molar-refractivity contribution in [1.29, 1.82) is 0 Å². The van der Waals surface area contributed by atoms with E-state index in [-0.39, 0.29) is 11.1 Å². The fourth-order valence-corrected chi connectivity index (χ4v) is 1.39. The second-order valence-corrected chi connectivity index (χ2v) is 2.97. The minimum atomic E-state index is -0.626. The molecule has 0 radical (unpaired) electrons. The monoisotopic (exact) mass is 192 g/mol. The van der Waals surface area contributed by atoms with Crippen LogP contribution in [0.2, 0.25) is 0 Å². The topological polar surface area (TPSA) is 80.9 Å². The molecule has 2 aromatic rings. The van der Waals surface area contributed by atoms with Crippen LogP contribution >= 0.6 is 0 Å². The standard InChI is InChI=1S/C10H8O4/c11-6-3-1-2-5-4-7(12)9(13)10(14)8(5)6/h1-4,11-14H. The Balaban J connectivity index is 2.99. The molecule has 0 aliphatic carbocycles. The van der Waals surface area contributed by atoms with Crippen molar-refractivity contribution in [2.75, 3.05) is 0 Å². The molecular formula is C10H8O4. The third-order valence-electron chi connectivity index (χ3n) is 2.07. The molecule has 0 aromatic heterocycles. The van der Waals surface area contributed by atoms with Crippen molar-refractivity contribution in [1.82, 2.24) is 0 Å². The highest BCUT2D eigenvalue weighted by atomic mass is 16.3. The van der Waals surface area contributed by atoms with Crippen LogP contribution in [0.15, 0.2) is 24.3 Å². The molecule has 14 heavy (non-hydrogen) atoms. The lowest BCUT2D eigenvalue weighted by Crippen LogP contribution is -1.77. The molecule has 0 unspecified atom stereocenters. The van der Waals surface area contributed by atoms with E-state index in [0.717, 1.165) is 0 Å². The van der Waals surface area contributed by atoms with E-state index >= 15 is 0 Å². The van der Waals surface area contributed by atoms with Crippen LogP contribution in [0.25, 0.3) is 10.8 Å². The van der Waals surface area contributed by atoms with Crippen molar-refractivity contribution < 1.29 is 20.4 Å². The second kappa shape index (κ2) is 2.70. The summed E-state index contributed by atoms with van der Waals surface area (Å²) in [5.41, 5.74) is 0. The Kier molecular flexibility index (Phi) is 1.64. The van der Waals surface area contributed by atoms with Crippen LogP contribution in [0, 0.1) is 0 Å². The summed E-state index contributed by atoms with van der Waals surface area (Å²) in [6.07, 6.45) is 0. The van der Waals surface area contributed by atoms with Gasteiger partial charge in [0.1, 0.15) is 5.75 Å². The maximum absolute atomic E-state index is 9.45. The number of benzene rings is 2. The molecule has 4 heteroatoms. The third-order valence-corrected chi connectivity index (χ3v) is 2.07. The Bertz CT molecular complexity index is 505. The first-order valence-electron chi connectivity index (χ1n) is 3.97. The molecule has 0 spiro atoms. The normalized spacial score (nSPS) is 10.6. The third kappa shape index (κ3) is 1.01. The second-order valence-electron chi connectivity index (χ2n) is 2.97. The predicted molar refractivity (Wildman–Crippen MR) is 50.6 cm³/mol. The zero-order valence-corrected chi connectivity index (χ0v) is 7.10. The van der Waals surface area contributed by atoms with E-state index in [1.807, 2.05) is 0 Å². The van der Waals surface area contributed by atoms with Crippen molar-refractivity contribution in [2.45, 2.75) is 0 Å². The number of aromatic hydroxyl groups is 4. The van der Waals surface area contributed by atoms with Gasteiger partial charge in [0.25, 0.3) is 0 Å². The van der Waals surface area contributed by atoms with Crippen LogP contribution in [-0.4, -0.2) is 20.4 Å². The van der Waals surface area contributed by atoms with Gasteiger partial charge in [-0.3, -0.25) is 0 Å². The fourth-order valence-electron chi connectivity index (χ4n) is 1.39. The fraction of sp³-hybridized carbons (Fsp3) is 0. The minimum absolute atomic E-state index is 0.128. The first kappa shape index (κ1) is 8.50. The van der Waals surface area contributed by atoms with Crippen LogP contribution in [-0.2, 0) is 0 Å². The average molecular weight is 192 g/mol. The molecule has 4 nitrogen and oxygen atoms in total. The SMILES string of the molecule is Oc1cc2cccc(O)c2c(O)c1O.